The Morgan fingerprint density at radius 2 is 1.22 bits per heavy atom. The maximum absolute atomic E-state index is 13.4. The smallest absolute Gasteiger partial charge is 0.307 e. The Morgan fingerprint density at radius 1 is 0.750 bits per heavy atom. The first-order valence-electron chi connectivity index (χ1n) is 13.9. The van der Waals surface area contributed by atoms with Gasteiger partial charge < -0.3 is 9.84 Å². The number of aryl methyl sites for hydroxylation is 2. The number of carboxylic acids is 1. The van der Waals surface area contributed by atoms with Gasteiger partial charge in [0.05, 0.1) is 0 Å². The Kier molecular flexibility index (Phi) is 12.7. The lowest BCUT2D eigenvalue weighted by molar-refractivity contribution is -0.163. The van der Waals surface area contributed by atoms with E-state index in [4.69, 9.17) is 9.84 Å². The number of benzene rings is 2. The molecule has 0 aliphatic carbocycles. The minimum atomic E-state index is -0.806. The molecule has 198 valence electrons. The first-order chi connectivity index (χ1) is 17.3. The van der Waals surface area contributed by atoms with Gasteiger partial charge in [0.25, 0.3) is 0 Å². The lowest BCUT2D eigenvalue weighted by Crippen LogP contribution is -2.41. The van der Waals surface area contributed by atoms with Crippen molar-refractivity contribution in [2.75, 3.05) is 0 Å². The van der Waals surface area contributed by atoms with Gasteiger partial charge >= 0.3 is 11.9 Å². The van der Waals surface area contributed by atoms with E-state index in [1.807, 2.05) is 0 Å². The van der Waals surface area contributed by atoms with Crippen molar-refractivity contribution in [3.8, 4) is 0 Å². The molecule has 4 heteroatoms. The lowest BCUT2D eigenvalue weighted by Gasteiger charge is -2.41. The molecule has 2 aromatic carbocycles. The molecule has 0 aromatic heterocycles. The van der Waals surface area contributed by atoms with Crippen molar-refractivity contribution < 1.29 is 19.4 Å². The molecule has 0 amide bonds. The molecule has 4 nitrogen and oxygen atoms in total. The zero-order valence-corrected chi connectivity index (χ0v) is 22.9. The highest BCUT2D eigenvalue weighted by Gasteiger charge is 2.44. The Hall–Kier alpha value is -2.62. The summed E-state index contributed by atoms with van der Waals surface area (Å²) in [7, 11) is 0. The SMILES string of the molecule is CCCCC(CC)C(OC(=O)CCCCCCCCC(=O)O)(c1ccc(C)cc1)c1ccc(C)cc1. The molecule has 1 atom stereocenters. The number of esters is 1. The van der Waals surface area contributed by atoms with E-state index in [1.165, 1.54) is 11.1 Å². The Labute approximate surface area is 218 Å². The van der Waals surface area contributed by atoms with Gasteiger partial charge in [-0.3, -0.25) is 9.59 Å². The van der Waals surface area contributed by atoms with Crippen LogP contribution in [0.25, 0.3) is 0 Å². The van der Waals surface area contributed by atoms with Crippen LogP contribution in [0.3, 0.4) is 0 Å². The Bertz CT molecular complexity index is 869. The van der Waals surface area contributed by atoms with Gasteiger partial charge in [-0.1, -0.05) is 112 Å². The fourth-order valence-corrected chi connectivity index (χ4v) is 5.07. The average molecular weight is 495 g/mol. The molecule has 0 saturated heterocycles. The fraction of sp³-hybridized carbons (Fsp3) is 0.562. The summed E-state index contributed by atoms with van der Waals surface area (Å²) in [4.78, 5) is 24.0. The van der Waals surface area contributed by atoms with Crippen LogP contribution in [0.5, 0.6) is 0 Å². The summed E-state index contributed by atoms with van der Waals surface area (Å²) in [6, 6.07) is 17.0. The first kappa shape index (κ1) is 29.6. The van der Waals surface area contributed by atoms with Crippen LogP contribution in [0.2, 0.25) is 0 Å². The first-order valence-corrected chi connectivity index (χ1v) is 13.9. The number of carbonyl (C=O) groups is 2. The van der Waals surface area contributed by atoms with Crippen molar-refractivity contribution >= 4 is 11.9 Å². The monoisotopic (exact) mass is 494 g/mol. The van der Waals surface area contributed by atoms with Gasteiger partial charge in [-0.15, -0.1) is 0 Å². The summed E-state index contributed by atoms with van der Waals surface area (Å²) in [6.07, 6.45) is 10.2. The normalized spacial score (nSPS) is 12.3. The van der Waals surface area contributed by atoms with E-state index >= 15 is 0 Å². The molecule has 0 bridgehead atoms. The third kappa shape index (κ3) is 8.80. The predicted octanol–water partition coefficient (Wildman–Crippen LogP) is 8.51. The summed E-state index contributed by atoms with van der Waals surface area (Å²) >= 11 is 0. The number of carbonyl (C=O) groups excluding carboxylic acids is 1. The van der Waals surface area contributed by atoms with E-state index in [-0.39, 0.29) is 18.3 Å². The van der Waals surface area contributed by atoms with Crippen molar-refractivity contribution in [1.82, 2.24) is 0 Å². The summed E-state index contributed by atoms with van der Waals surface area (Å²) < 4.78 is 6.61. The predicted molar refractivity (Wildman–Crippen MR) is 147 cm³/mol. The second-order valence-electron chi connectivity index (χ2n) is 10.2. The average Bonchev–Trinajstić information content (AvgIpc) is 2.86. The van der Waals surface area contributed by atoms with E-state index in [2.05, 4.69) is 76.2 Å². The maximum atomic E-state index is 13.4. The number of unbranched alkanes of at least 4 members (excludes halogenated alkanes) is 6. The Balaban J connectivity index is 2.24. The van der Waals surface area contributed by atoms with Gasteiger partial charge in [-0.05, 0) is 39.5 Å². The molecule has 0 saturated carbocycles. The van der Waals surface area contributed by atoms with Crippen LogP contribution in [0.15, 0.2) is 48.5 Å². The van der Waals surface area contributed by atoms with E-state index in [0.717, 1.165) is 75.3 Å². The molecule has 36 heavy (non-hydrogen) atoms. The van der Waals surface area contributed by atoms with Gasteiger partial charge in [0.1, 0.15) is 0 Å². The Morgan fingerprint density at radius 3 is 1.67 bits per heavy atom. The highest BCUT2D eigenvalue weighted by atomic mass is 16.6. The number of rotatable bonds is 17. The zero-order valence-electron chi connectivity index (χ0n) is 22.9. The number of ether oxygens (including phenoxy) is 1. The number of hydrogen-bond acceptors (Lipinski definition) is 3. The highest BCUT2D eigenvalue weighted by Crippen LogP contribution is 2.45. The molecule has 0 fully saturated rings. The molecule has 0 aliphatic heterocycles. The molecule has 1 unspecified atom stereocenters. The summed E-state index contributed by atoms with van der Waals surface area (Å²) in [5.41, 5.74) is 3.67. The van der Waals surface area contributed by atoms with Crippen LogP contribution in [-0.4, -0.2) is 17.0 Å². The van der Waals surface area contributed by atoms with E-state index in [9.17, 15) is 9.59 Å². The summed E-state index contributed by atoms with van der Waals surface area (Å²) in [5.74, 6) is -0.689. The standard InChI is InChI=1S/C32H46O4/c1-5-7-14-27(6-2)32(28-21-17-25(3)18-22-28,29-23-19-26(4)20-24-29)36-31(35)16-13-11-9-8-10-12-15-30(33)34/h17-24,27H,5-16H2,1-4H3,(H,33,34). The van der Waals surface area contributed by atoms with Crippen LogP contribution in [0.1, 0.15) is 113 Å². The summed E-state index contributed by atoms with van der Waals surface area (Å²) in [5, 5.41) is 8.75. The van der Waals surface area contributed by atoms with Crippen molar-refractivity contribution in [2.45, 2.75) is 110 Å². The van der Waals surface area contributed by atoms with Crippen molar-refractivity contribution in [1.29, 1.82) is 0 Å². The van der Waals surface area contributed by atoms with Gasteiger partial charge in [0.2, 0.25) is 0 Å². The van der Waals surface area contributed by atoms with Crippen LogP contribution >= 0.6 is 0 Å². The second-order valence-corrected chi connectivity index (χ2v) is 10.2. The van der Waals surface area contributed by atoms with E-state index in [0.29, 0.717) is 6.42 Å². The number of carboxylic acid groups (broad SMARTS) is 1. The minimum absolute atomic E-state index is 0.142. The highest BCUT2D eigenvalue weighted by molar-refractivity contribution is 5.71. The molecule has 1 N–H and O–H groups in total. The van der Waals surface area contributed by atoms with Gasteiger partial charge in [-0.2, -0.15) is 0 Å². The van der Waals surface area contributed by atoms with Gasteiger partial charge in [0.15, 0.2) is 5.60 Å². The molecular weight excluding hydrogens is 448 g/mol. The molecule has 0 heterocycles. The molecule has 0 spiro atoms. The van der Waals surface area contributed by atoms with Crippen LogP contribution < -0.4 is 0 Å². The van der Waals surface area contributed by atoms with Crippen molar-refractivity contribution in [3.63, 3.8) is 0 Å². The van der Waals surface area contributed by atoms with Crippen LogP contribution in [0, 0.1) is 19.8 Å². The quantitative estimate of drug-likeness (QED) is 0.177. The third-order valence-electron chi connectivity index (χ3n) is 7.23. The van der Waals surface area contributed by atoms with Crippen LogP contribution in [0.4, 0.5) is 0 Å². The largest absolute Gasteiger partial charge is 0.481 e. The van der Waals surface area contributed by atoms with Crippen LogP contribution in [-0.2, 0) is 19.9 Å². The van der Waals surface area contributed by atoms with Gasteiger partial charge in [-0.25, -0.2) is 0 Å². The molecule has 0 aliphatic rings. The molecule has 0 radical (unpaired) electrons. The van der Waals surface area contributed by atoms with E-state index < -0.39 is 11.6 Å². The molecule has 2 rings (SSSR count). The van der Waals surface area contributed by atoms with Crippen molar-refractivity contribution in [2.24, 2.45) is 5.92 Å². The maximum Gasteiger partial charge on any atom is 0.307 e. The zero-order chi connectivity index (χ0) is 26.4. The van der Waals surface area contributed by atoms with Gasteiger partial charge in [0, 0.05) is 29.9 Å². The van der Waals surface area contributed by atoms with E-state index in [1.54, 1.807) is 0 Å². The number of aliphatic carboxylic acids is 1. The fourth-order valence-electron chi connectivity index (χ4n) is 5.07. The lowest BCUT2D eigenvalue weighted by atomic mass is 9.72. The summed E-state index contributed by atoms with van der Waals surface area (Å²) in [6.45, 7) is 8.58. The topological polar surface area (TPSA) is 63.6 Å². The third-order valence-corrected chi connectivity index (χ3v) is 7.23. The molecular formula is C32H46O4. The number of hydrogen-bond donors (Lipinski definition) is 1. The second kappa shape index (κ2) is 15.5. The molecule has 2 aromatic rings. The van der Waals surface area contributed by atoms with Crippen molar-refractivity contribution in [3.05, 3.63) is 70.8 Å². The minimum Gasteiger partial charge on any atom is -0.481 e.